The zero-order valence-electron chi connectivity index (χ0n) is 11.8. The first-order valence-corrected chi connectivity index (χ1v) is 6.69. The summed E-state index contributed by atoms with van der Waals surface area (Å²) in [6.07, 6.45) is -1.12. The Labute approximate surface area is 130 Å². The molecule has 0 saturated carbocycles. The summed E-state index contributed by atoms with van der Waals surface area (Å²) in [5.41, 5.74) is 0.226. The lowest BCUT2D eigenvalue weighted by molar-refractivity contribution is -0.148. The molecule has 1 amide bonds. The van der Waals surface area contributed by atoms with Crippen molar-refractivity contribution in [3.05, 3.63) is 22.2 Å². The molecule has 1 unspecified atom stereocenters. The van der Waals surface area contributed by atoms with Gasteiger partial charge in [0.1, 0.15) is 11.5 Å². The number of carboxylic acid groups (broad SMARTS) is 1. The second-order valence-electron chi connectivity index (χ2n) is 3.96. The molecule has 8 heteroatoms. The van der Waals surface area contributed by atoms with Gasteiger partial charge in [0.25, 0.3) is 5.91 Å². The van der Waals surface area contributed by atoms with E-state index in [0.717, 1.165) is 0 Å². The van der Waals surface area contributed by atoms with Crippen LogP contribution in [0.3, 0.4) is 0 Å². The van der Waals surface area contributed by atoms with Crippen LogP contribution in [0, 0.1) is 0 Å². The Balaban J connectivity index is 2.96. The number of ether oxygens (including phenoxy) is 3. The number of benzene rings is 1. The van der Waals surface area contributed by atoms with Gasteiger partial charge in [0, 0.05) is 7.11 Å². The average Bonchev–Trinajstić information content (AvgIpc) is 2.46. The Morgan fingerprint density at radius 2 is 1.95 bits per heavy atom. The van der Waals surface area contributed by atoms with Gasteiger partial charge in [-0.15, -0.1) is 0 Å². The van der Waals surface area contributed by atoms with Gasteiger partial charge in [-0.05, 0) is 28.1 Å². The molecule has 0 aliphatic heterocycles. The molecular formula is C13H16BrNO6. The fourth-order valence-electron chi connectivity index (χ4n) is 1.61. The molecule has 116 valence electrons. The summed E-state index contributed by atoms with van der Waals surface area (Å²) >= 11 is 3.28. The SMILES string of the molecule is COc1cc(Br)c(OC)c(C(=O)NCC(OC)C(=O)O)c1. The summed E-state index contributed by atoms with van der Waals surface area (Å²) in [6.45, 7) is -0.164. The van der Waals surface area contributed by atoms with E-state index in [1.54, 1.807) is 6.07 Å². The maximum Gasteiger partial charge on any atom is 0.334 e. The van der Waals surface area contributed by atoms with Crippen molar-refractivity contribution in [1.82, 2.24) is 5.32 Å². The fraction of sp³-hybridized carbons (Fsp3) is 0.385. The van der Waals surface area contributed by atoms with Gasteiger partial charge < -0.3 is 24.6 Å². The Kier molecular flexibility index (Phi) is 6.44. The third kappa shape index (κ3) is 4.33. The lowest BCUT2D eigenvalue weighted by Crippen LogP contribution is -2.38. The minimum absolute atomic E-state index is 0.164. The first-order valence-electron chi connectivity index (χ1n) is 5.89. The minimum atomic E-state index is -1.16. The first kappa shape index (κ1) is 17.3. The van der Waals surface area contributed by atoms with Crippen LogP contribution in [0.1, 0.15) is 10.4 Å². The molecule has 0 fully saturated rings. The summed E-state index contributed by atoms with van der Waals surface area (Å²) in [6, 6.07) is 3.16. The second kappa shape index (κ2) is 7.84. The molecule has 0 heterocycles. The maximum absolute atomic E-state index is 12.2. The van der Waals surface area contributed by atoms with Gasteiger partial charge >= 0.3 is 5.97 Å². The molecule has 1 aromatic rings. The zero-order valence-corrected chi connectivity index (χ0v) is 13.4. The van der Waals surface area contributed by atoms with Crippen molar-refractivity contribution in [2.75, 3.05) is 27.9 Å². The Morgan fingerprint density at radius 3 is 2.43 bits per heavy atom. The fourth-order valence-corrected chi connectivity index (χ4v) is 2.22. The largest absolute Gasteiger partial charge is 0.497 e. The van der Waals surface area contributed by atoms with Gasteiger partial charge in [-0.2, -0.15) is 0 Å². The van der Waals surface area contributed by atoms with Gasteiger partial charge in [-0.1, -0.05) is 0 Å². The topological polar surface area (TPSA) is 94.1 Å². The van der Waals surface area contributed by atoms with Crippen LogP contribution in [0.4, 0.5) is 0 Å². The number of methoxy groups -OCH3 is 3. The summed E-state index contributed by atoms with van der Waals surface area (Å²) in [5.74, 6) is -0.849. The number of carbonyl (C=O) groups excluding carboxylic acids is 1. The molecule has 7 nitrogen and oxygen atoms in total. The monoisotopic (exact) mass is 361 g/mol. The molecule has 0 radical (unpaired) electrons. The number of amides is 1. The van der Waals surface area contributed by atoms with Gasteiger partial charge in [0.05, 0.1) is 30.8 Å². The number of aliphatic carboxylic acids is 1. The van der Waals surface area contributed by atoms with Crippen molar-refractivity contribution < 1.29 is 28.9 Å². The van der Waals surface area contributed by atoms with Crippen molar-refractivity contribution in [2.45, 2.75) is 6.10 Å². The van der Waals surface area contributed by atoms with E-state index in [2.05, 4.69) is 21.2 Å². The number of carbonyl (C=O) groups is 2. The molecular weight excluding hydrogens is 346 g/mol. The van der Waals surface area contributed by atoms with Crippen LogP contribution in [0.5, 0.6) is 11.5 Å². The third-order valence-electron chi connectivity index (χ3n) is 2.71. The van der Waals surface area contributed by atoms with E-state index in [4.69, 9.17) is 19.3 Å². The highest BCUT2D eigenvalue weighted by molar-refractivity contribution is 9.10. The second-order valence-corrected chi connectivity index (χ2v) is 4.82. The highest BCUT2D eigenvalue weighted by Gasteiger charge is 2.21. The van der Waals surface area contributed by atoms with Gasteiger partial charge in [0.2, 0.25) is 0 Å². The average molecular weight is 362 g/mol. The number of nitrogens with one attached hydrogen (secondary N) is 1. The number of halogens is 1. The van der Waals surface area contributed by atoms with Crippen LogP contribution in [-0.4, -0.2) is 51.0 Å². The van der Waals surface area contributed by atoms with Crippen LogP contribution in [0.25, 0.3) is 0 Å². The maximum atomic E-state index is 12.2. The molecule has 0 aliphatic rings. The van der Waals surface area contributed by atoms with E-state index in [1.807, 2.05) is 0 Å². The number of rotatable bonds is 7. The lowest BCUT2D eigenvalue weighted by Gasteiger charge is -2.15. The molecule has 1 atom stereocenters. The van der Waals surface area contributed by atoms with Crippen LogP contribution in [0.2, 0.25) is 0 Å². The molecule has 0 spiro atoms. The van der Waals surface area contributed by atoms with E-state index in [1.165, 1.54) is 27.4 Å². The highest BCUT2D eigenvalue weighted by Crippen LogP contribution is 2.33. The molecule has 0 saturated heterocycles. The lowest BCUT2D eigenvalue weighted by atomic mass is 10.1. The van der Waals surface area contributed by atoms with Crippen molar-refractivity contribution >= 4 is 27.8 Å². The number of carboxylic acids is 1. The van der Waals surface area contributed by atoms with E-state index in [-0.39, 0.29) is 12.1 Å². The first-order chi connectivity index (χ1) is 9.94. The Morgan fingerprint density at radius 1 is 1.29 bits per heavy atom. The van der Waals surface area contributed by atoms with Crippen molar-refractivity contribution in [3.8, 4) is 11.5 Å². The molecule has 2 N–H and O–H groups in total. The Hall–Kier alpha value is -1.80. The number of hydrogen-bond acceptors (Lipinski definition) is 5. The standard InChI is InChI=1S/C13H16BrNO6/c1-19-7-4-8(11(21-3)9(14)5-7)12(16)15-6-10(20-2)13(17)18/h4-5,10H,6H2,1-3H3,(H,15,16)(H,17,18). The predicted octanol–water partition coefficient (Wildman–Crippen LogP) is 1.30. The third-order valence-corrected chi connectivity index (χ3v) is 3.30. The van der Waals surface area contributed by atoms with E-state index in [0.29, 0.717) is 16.0 Å². The summed E-state index contributed by atoms with van der Waals surface area (Å²) < 4.78 is 15.5. The molecule has 0 aromatic heterocycles. The highest BCUT2D eigenvalue weighted by atomic mass is 79.9. The van der Waals surface area contributed by atoms with Crippen LogP contribution in [-0.2, 0) is 9.53 Å². The smallest absolute Gasteiger partial charge is 0.334 e. The van der Waals surface area contributed by atoms with E-state index < -0.39 is 18.0 Å². The number of hydrogen-bond donors (Lipinski definition) is 2. The minimum Gasteiger partial charge on any atom is -0.497 e. The molecule has 1 rings (SSSR count). The van der Waals surface area contributed by atoms with Gasteiger partial charge in [-0.25, -0.2) is 4.79 Å². The molecule has 21 heavy (non-hydrogen) atoms. The normalized spacial score (nSPS) is 11.6. The molecule has 0 aliphatic carbocycles. The summed E-state index contributed by atoms with van der Waals surface area (Å²) in [4.78, 5) is 23.0. The predicted molar refractivity (Wildman–Crippen MR) is 78.0 cm³/mol. The van der Waals surface area contributed by atoms with Crippen LogP contribution >= 0.6 is 15.9 Å². The van der Waals surface area contributed by atoms with Crippen LogP contribution < -0.4 is 14.8 Å². The van der Waals surface area contributed by atoms with Crippen LogP contribution in [0.15, 0.2) is 16.6 Å². The quantitative estimate of drug-likeness (QED) is 0.759. The van der Waals surface area contributed by atoms with Crippen molar-refractivity contribution in [3.63, 3.8) is 0 Å². The molecule has 0 bridgehead atoms. The van der Waals surface area contributed by atoms with Crippen molar-refractivity contribution in [2.24, 2.45) is 0 Å². The van der Waals surface area contributed by atoms with E-state index >= 15 is 0 Å². The van der Waals surface area contributed by atoms with Gasteiger partial charge in [0.15, 0.2) is 6.10 Å². The van der Waals surface area contributed by atoms with Gasteiger partial charge in [-0.3, -0.25) is 4.79 Å². The zero-order chi connectivity index (χ0) is 16.0. The summed E-state index contributed by atoms with van der Waals surface area (Å²) in [7, 11) is 4.16. The Bertz CT molecular complexity index is 534. The molecule has 1 aromatic carbocycles. The van der Waals surface area contributed by atoms with E-state index in [9.17, 15) is 9.59 Å². The summed E-state index contributed by atoms with van der Waals surface area (Å²) in [5, 5.41) is 11.3. The van der Waals surface area contributed by atoms with Crippen molar-refractivity contribution in [1.29, 1.82) is 0 Å².